The summed E-state index contributed by atoms with van der Waals surface area (Å²) in [5.41, 5.74) is 7.47. The summed E-state index contributed by atoms with van der Waals surface area (Å²) in [6.07, 6.45) is 0.909. The molecule has 0 aromatic heterocycles. The van der Waals surface area contributed by atoms with Crippen LogP contribution in [0.1, 0.15) is 43.1 Å². The van der Waals surface area contributed by atoms with Crippen molar-refractivity contribution in [1.82, 2.24) is 10.6 Å². The Hall–Kier alpha value is -1.35. The van der Waals surface area contributed by atoms with Gasteiger partial charge in [-0.25, -0.2) is 4.99 Å². The molecule has 1 aromatic rings. The smallest absolute Gasteiger partial charge is 0.251 e. The molecule has 7 heteroatoms. The zero-order valence-electron chi connectivity index (χ0n) is 14.8. The Bertz CT molecular complexity index is 520. The van der Waals surface area contributed by atoms with Crippen LogP contribution in [0.2, 0.25) is 0 Å². The number of nitrogens with one attached hydrogen (secondary N) is 2. The van der Waals surface area contributed by atoms with Crippen LogP contribution in [0.3, 0.4) is 0 Å². The maximum Gasteiger partial charge on any atom is 0.251 e. The summed E-state index contributed by atoms with van der Waals surface area (Å²) in [6, 6.07) is 7.67. The van der Waals surface area contributed by atoms with Crippen molar-refractivity contribution >= 4 is 35.8 Å². The molecule has 6 nitrogen and oxygen atoms in total. The van der Waals surface area contributed by atoms with E-state index in [0.717, 1.165) is 12.0 Å². The van der Waals surface area contributed by atoms with Gasteiger partial charge in [-0.05, 0) is 38.0 Å². The van der Waals surface area contributed by atoms with Gasteiger partial charge in [0.25, 0.3) is 5.91 Å². The quantitative estimate of drug-likeness (QED) is 0.324. The number of amides is 1. The number of halogens is 1. The van der Waals surface area contributed by atoms with Crippen LogP contribution in [0.15, 0.2) is 29.3 Å². The number of guanidine groups is 1. The lowest BCUT2D eigenvalue weighted by Crippen LogP contribution is -2.40. The number of hydrogen-bond donors (Lipinski definition) is 3. The van der Waals surface area contributed by atoms with Gasteiger partial charge < -0.3 is 21.1 Å². The standard InChI is InChI=1S/C17H28N4O2.HI/c1-5-12(2)20-16(22)15-8-6-14(7-9-15)10-19-17(18)21-13(3)11-23-4;/h6-9,12-13H,5,10-11H2,1-4H3,(H,20,22)(H3,18,19,21);1H. The van der Waals surface area contributed by atoms with Crippen LogP contribution in [0.25, 0.3) is 0 Å². The first-order valence-electron chi connectivity index (χ1n) is 7.91. The average Bonchev–Trinajstić information content (AvgIpc) is 2.53. The summed E-state index contributed by atoms with van der Waals surface area (Å²) >= 11 is 0. The van der Waals surface area contributed by atoms with Gasteiger partial charge in [-0.1, -0.05) is 19.1 Å². The Balaban J connectivity index is 0.00000529. The normalized spacial score (nSPS) is 13.6. The molecule has 0 spiro atoms. The number of carbonyl (C=O) groups excluding carboxylic acids is 1. The maximum atomic E-state index is 12.0. The molecule has 0 saturated carbocycles. The molecule has 2 unspecified atom stereocenters. The Kier molecular flexibility index (Phi) is 11.4. The molecule has 0 aliphatic rings. The third-order valence-corrected chi connectivity index (χ3v) is 3.45. The molecule has 4 N–H and O–H groups in total. The van der Waals surface area contributed by atoms with Crippen LogP contribution in [0.5, 0.6) is 0 Å². The van der Waals surface area contributed by atoms with Crippen molar-refractivity contribution in [1.29, 1.82) is 0 Å². The molecular weight excluding hydrogens is 419 g/mol. The topological polar surface area (TPSA) is 88.7 Å². The first kappa shape index (κ1) is 22.6. The van der Waals surface area contributed by atoms with Crippen molar-refractivity contribution in [3.8, 4) is 0 Å². The highest BCUT2D eigenvalue weighted by atomic mass is 127. The monoisotopic (exact) mass is 448 g/mol. The average molecular weight is 448 g/mol. The van der Waals surface area contributed by atoms with Crippen molar-refractivity contribution in [3.63, 3.8) is 0 Å². The van der Waals surface area contributed by atoms with E-state index in [0.29, 0.717) is 24.7 Å². The fourth-order valence-electron chi connectivity index (χ4n) is 1.94. The molecule has 0 saturated heterocycles. The Labute approximate surface area is 161 Å². The zero-order chi connectivity index (χ0) is 17.2. The van der Waals surface area contributed by atoms with Crippen LogP contribution in [-0.4, -0.2) is 37.7 Å². The third-order valence-electron chi connectivity index (χ3n) is 3.45. The van der Waals surface area contributed by atoms with Gasteiger partial charge in [0.1, 0.15) is 0 Å². The second-order valence-corrected chi connectivity index (χ2v) is 5.68. The van der Waals surface area contributed by atoms with Gasteiger partial charge in [0.05, 0.1) is 13.2 Å². The van der Waals surface area contributed by atoms with Crippen LogP contribution in [-0.2, 0) is 11.3 Å². The highest BCUT2D eigenvalue weighted by Gasteiger charge is 2.08. The molecule has 0 fully saturated rings. The van der Waals surface area contributed by atoms with Crippen molar-refractivity contribution in [2.24, 2.45) is 10.7 Å². The predicted octanol–water partition coefficient (Wildman–Crippen LogP) is 2.27. The van der Waals surface area contributed by atoms with Gasteiger partial charge in [0.2, 0.25) is 0 Å². The SMILES string of the molecule is CCC(C)NC(=O)c1ccc(CN=C(N)NC(C)COC)cc1.I. The van der Waals surface area contributed by atoms with Crippen molar-refractivity contribution in [2.45, 2.75) is 45.8 Å². The van der Waals surface area contributed by atoms with E-state index in [1.165, 1.54) is 0 Å². The Morgan fingerprint density at radius 1 is 1.21 bits per heavy atom. The molecule has 0 aliphatic carbocycles. The lowest BCUT2D eigenvalue weighted by Gasteiger charge is -2.13. The highest BCUT2D eigenvalue weighted by molar-refractivity contribution is 14.0. The van der Waals surface area contributed by atoms with Gasteiger partial charge >= 0.3 is 0 Å². The molecule has 0 radical (unpaired) electrons. The number of benzene rings is 1. The van der Waals surface area contributed by atoms with Crippen molar-refractivity contribution in [3.05, 3.63) is 35.4 Å². The molecule has 24 heavy (non-hydrogen) atoms. The predicted molar refractivity (Wildman–Crippen MR) is 109 cm³/mol. The van der Waals surface area contributed by atoms with E-state index < -0.39 is 0 Å². The third kappa shape index (κ3) is 8.49. The van der Waals surface area contributed by atoms with Gasteiger partial charge in [0.15, 0.2) is 5.96 Å². The number of hydrogen-bond acceptors (Lipinski definition) is 3. The number of aliphatic imine (C=N–C) groups is 1. The highest BCUT2D eigenvalue weighted by Crippen LogP contribution is 2.06. The fraction of sp³-hybridized carbons (Fsp3) is 0.529. The van der Waals surface area contributed by atoms with Crippen molar-refractivity contribution < 1.29 is 9.53 Å². The van der Waals surface area contributed by atoms with Gasteiger partial charge in [0, 0.05) is 24.8 Å². The summed E-state index contributed by atoms with van der Waals surface area (Å²) in [7, 11) is 1.64. The van der Waals surface area contributed by atoms with Gasteiger partial charge in [-0.15, -0.1) is 24.0 Å². The molecule has 0 bridgehead atoms. The van der Waals surface area contributed by atoms with Crippen molar-refractivity contribution in [2.75, 3.05) is 13.7 Å². The summed E-state index contributed by atoms with van der Waals surface area (Å²) in [4.78, 5) is 16.3. The number of carbonyl (C=O) groups is 1. The fourth-order valence-corrected chi connectivity index (χ4v) is 1.94. The van der Waals surface area contributed by atoms with E-state index in [2.05, 4.69) is 15.6 Å². The molecule has 2 atom stereocenters. The van der Waals surface area contributed by atoms with Gasteiger partial charge in [-0.3, -0.25) is 4.79 Å². The van der Waals surface area contributed by atoms with Crippen LogP contribution >= 0.6 is 24.0 Å². The number of rotatable bonds is 8. The first-order chi connectivity index (χ1) is 11.0. The molecule has 0 heterocycles. The minimum absolute atomic E-state index is 0. The zero-order valence-corrected chi connectivity index (χ0v) is 17.2. The second kappa shape index (κ2) is 12.1. The molecule has 1 rings (SSSR count). The summed E-state index contributed by atoms with van der Waals surface area (Å²) in [5.74, 6) is 0.331. The maximum absolute atomic E-state index is 12.0. The lowest BCUT2D eigenvalue weighted by atomic mass is 10.1. The summed E-state index contributed by atoms with van der Waals surface area (Å²) in [6.45, 7) is 7.03. The van der Waals surface area contributed by atoms with E-state index in [-0.39, 0.29) is 42.0 Å². The minimum Gasteiger partial charge on any atom is -0.383 e. The van der Waals surface area contributed by atoms with Crippen LogP contribution in [0, 0.1) is 0 Å². The largest absolute Gasteiger partial charge is 0.383 e. The van der Waals surface area contributed by atoms with Crippen LogP contribution < -0.4 is 16.4 Å². The Morgan fingerprint density at radius 3 is 2.38 bits per heavy atom. The first-order valence-corrected chi connectivity index (χ1v) is 7.91. The van der Waals surface area contributed by atoms with E-state index in [1.54, 1.807) is 19.2 Å². The number of nitrogens with two attached hydrogens (primary N) is 1. The Morgan fingerprint density at radius 2 is 1.83 bits per heavy atom. The molecule has 0 aliphatic heterocycles. The molecule has 1 amide bonds. The molecule has 1 aromatic carbocycles. The molecule has 136 valence electrons. The summed E-state index contributed by atoms with van der Waals surface area (Å²) in [5, 5.41) is 5.99. The second-order valence-electron chi connectivity index (χ2n) is 5.68. The summed E-state index contributed by atoms with van der Waals surface area (Å²) < 4.78 is 5.03. The number of ether oxygens (including phenoxy) is 1. The molecular formula is C17H29IN4O2. The van der Waals surface area contributed by atoms with Gasteiger partial charge in [-0.2, -0.15) is 0 Å². The van der Waals surface area contributed by atoms with E-state index >= 15 is 0 Å². The number of nitrogens with zero attached hydrogens (tertiary/aromatic N) is 1. The van der Waals surface area contributed by atoms with E-state index in [9.17, 15) is 4.79 Å². The van der Waals surface area contributed by atoms with Crippen LogP contribution in [0.4, 0.5) is 0 Å². The minimum atomic E-state index is -0.0519. The van der Waals surface area contributed by atoms with E-state index in [1.807, 2.05) is 32.9 Å². The lowest BCUT2D eigenvalue weighted by molar-refractivity contribution is 0.0939. The van der Waals surface area contributed by atoms with E-state index in [4.69, 9.17) is 10.5 Å². The number of methoxy groups -OCH3 is 1.